The number of hydrogen-bond acceptors (Lipinski definition) is 3. The molecular formula is C12H16N2O3. The van der Waals surface area contributed by atoms with Crippen molar-refractivity contribution >= 4 is 11.8 Å². The van der Waals surface area contributed by atoms with Crippen molar-refractivity contribution < 1.29 is 14.4 Å². The van der Waals surface area contributed by atoms with Crippen LogP contribution in [0.1, 0.15) is 29.8 Å². The first-order valence-corrected chi connectivity index (χ1v) is 5.39. The van der Waals surface area contributed by atoms with E-state index in [0.717, 1.165) is 5.56 Å². The smallest absolute Gasteiger partial charge is 0.274 e. The first-order valence-electron chi connectivity index (χ1n) is 5.39. The van der Waals surface area contributed by atoms with E-state index in [-0.39, 0.29) is 11.8 Å². The second-order valence-electron chi connectivity index (χ2n) is 3.47. The van der Waals surface area contributed by atoms with Crippen molar-refractivity contribution in [3.05, 3.63) is 35.4 Å². The van der Waals surface area contributed by atoms with Crippen molar-refractivity contribution in [3.8, 4) is 0 Å². The van der Waals surface area contributed by atoms with Gasteiger partial charge in [0.15, 0.2) is 0 Å². The highest BCUT2D eigenvalue weighted by Gasteiger charge is 2.04. The number of benzene rings is 1. The van der Waals surface area contributed by atoms with Crippen molar-refractivity contribution in [2.24, 2.45) is 0 Å². The fourth-order valence-electron chi connectivity index (χ4n) is 1.20. The van der Waals surface area contributed by atoms with Crippen LogP contribution in [0.4, 0.5) is 0 Å². The Morgan fingerprint density at radius 3 is 2.41 bits per heavy atom. The molecule has 0 aliphatic rings. The standard InChI is InChI=1S/C12H16N2O3/c1-3-17-14-12(16)11-6-4-10(5-7-11)8-13-9(2)15/h4-7H,3,8H2,1-2H3,(H,13,15)(H,14,16). The number of hydroxylamine groups is 1. The second kappa shape index (κ2) is 6.65. The molecule has 1 aromatic rings. The lowest BCUT2D eigenvalue weighted by Crippen LogP contribution is -2.23. The fourth-order valence-corrected chi connectivity index (χ4v) is 1.20. The summed E-state index contributed by atoms with van der Waals surface area (Å²) in [7, 11) is 0. The van der Waals surface area contributed by atoms with Crippen LogP contribution < -0.4 is 10.8 Å². The van der Waals surface area contributed by atoms with E-state index in [1.807, 2.05) is 0 Å². The van der Waals surface area contributed by atoms with Crippen LogP contribution in [-0.2, 0) is 16.2 Å². The van der Waals surface area contributed by atoms with Crippen molar-refractivity contribution in [1.82, 2.24) is 10.8 Å². The average Bonchev–Trinajstić information content (AvgIpc) is 2.34. The number of carbonyl (C=O) groups excluding carboxylic acids is 2. The van der Waals surface area contributed by atoms with Crippen LogP contribution in [0.5, 0.6) is 0 Å². The molecule has 5 heteroatoms. The third-order valence-corrected chi connectivity index (χ3v) is 2.07. The number of rotatable bonds is 5. The van der Waals surface area contributed by atoms with Gasteiger partial charge in [0.2, 0.25) is 5.91 Å². The molecule has 0 unspecified atom stereocenters. The van der Waals surface area contributed by atoms with Gasteiger partial charge in [0.25, 0.3) is 5.91 Å². The van der Waals surface area contributed by atoms with Crippen molar-refractivity contribution in [1.29, 1.82) is 0 Å². The van der Waals surface area contributed by atoms with Gasteiger partial charge in [-0.3, -0.25) is 14.4 Å². The SMILES string of the molecule is CCONC(=O)c1ccc(CNC(C)=O)cc1. The zero-order valence-electron chi connectivity index (χ0n) is 9.95. The quantitative estimate of drug-likeness (QED) is 0.749. The number of amides is 2. The highest BCUT2D eigenvalue weighted by Crippen LogP contribution is 2.04. The maximum absolute atomic E-state index is 11.5. The Morgan fingerprint density at radius 2 is 1.88 bits per heavy atom. The van der Waals surface area contributed by atoms with E-state index in [1.165, 1.54) is 6.92 Å². The van der Waals surface area contributed by atoms with Crippen molar-refractivity contribution in [2.75, 3.05) is 6.61 Å². The monoisotopic (exact) mass is 236 g/mol. The molecule has 0 aliphatic carbocycles. The normalized spacial score (nSPS) is 9.76. The van der Waals surface area contributed by atoms with E-state index >= 15 is 0 Å². The molecule has 0 bridgehead atoms. The van der Waals surface area contributed by atoms with E-state index in [0.29, 0.717) is 18.7 Å². The van der Waals surface area contributed by atoms with E-state index in [2.05, 4.69) is 10.8 Å². The summed E-state index contributed by atoms with van der Waals surface area (Å²) in [4.78, 5) is 27.0. The summed E-state index contributed by atoms with van der Waals surface area (Å²) in [6.07, 6.45) is 0. The van der Waals surface area contributed by atoms with E-state index < -0.39 is 0 Å². The molecule has 0 radical (unpaired) electrons. The summed E-state index contributed by atoms with van der Waals surface area (Å²) in [5, 5.41) is 2.68. The minimum absolute atomic E-state index is 0.0804. The van der Waals surface area contributed by atoms with Gasteiger partial charge in [-0.2, -0.15) is 0 Å². The van der Waals surface area contributed by atoms with E-state index in [1.54, 1.807) is 31.2 Å². The van der Waals surface area contributed by atoms with Gasteiger partial charge in [-0.15, -0.1) is 0 Å². The molecule has 5 nitrogen and oxygen atoms in total. The summed E-state index contributed by atoms with van der Waals surface area (Å²) in [5.74, 6) is -0.360. The van der Waals surface area contributed by atoms with Crippen LogP contribution in [0.3, 0.4) is 0 Å². The lowest BCUT2D eigenvalue weighted by molar-refractivity contribution is -0.119. The molecule has 1 aromatic carbocycles. The Kier molecular flexibility index (Phi) is 5.16. The van der Waals surface area contributed by atoms with E-state index in [4.69, 9.17) is 4.84 Å². The highest BCUT2D eigenvalue weighted by molar-refractivity contribution is 5.93. The average molecular weight is 236 g/mol. The molecule has 0 atom stereocenters. The summed E-state index contributed by atoms with van der Waals surface area (Å²) in [6, 6.07) is 6.95. The molecule has 0 saturated carbocycles. The van der Waals surface area contributed by atoms with Gasteiger partial charge in [0, 0.05) is 19.0 Å². The van der Waals surface area contributed by atoms with Gasteiger partial charge in [-0.05, 0) is 24.6 Å². The summed E-state index contributed by atoms with van der Waals surface area (Å²) >= 11 is 0. The Bertz CT molecular complexity index is 387. The van der Waals surface area contributed by atoms with Gasteiger partial charge in [-0.25, -0.2) is 5.48 Å². The maximum atomic E-state index is 11.5. The van der Waals surface area contributed by atoms with Gasteiger partial charge in [0.1, 0.15) is 0 Å². The lowest BCUT2D eigenvalue weighted by Gasteiger charge is -2.05. The first kappa shape index (κ1) is 13.2. The molecule has 0 aromatic heterocycles. The largest absolute Gasteiger partial charge is 0.352 e. The lowest BCUT2D eigenvalue weighted by atomic mass is 10.1. The van der Waals surface area contributed by atoms with Crippen LogP contribution in [0.15, 0.2) is 24.3 Å². The third kappa shape index (κ3) is 4.65. The fraction of sp³-hybridized carbons (Fsp3) is 0.333. The van der Waals surface area contributed by atoms with Crippen LogP contribution in [0, 0.1) is 0 Å². The second-order valence-corrected chi connectivity index (χ2v) is 3.47. The van der Waals surface area contributed by atoms with Crippen molar-refractivity contribution in [2.45, 2.75) is 20.4 Å². The summed E-state index contributed by atoms with van der Waals surface area (Å²) < 4.78 is 0. The van der Waals surface area contributed by atoms with Crippen LogP contribution in [0.2, 0.25) is 0 Å². The predicted molar refractivity (Wildman–Crippen MR) is 63.1 cm³/mol. The van der Waals surface area contributed by atoms with Crippen LogP contribution in [0.25, 0.3) is 0 Å². The predicted octanol–water partition coefficient (Wildman–Crippen LogP) is 1.00. The molecule has 17 heavy (non-hydrogen) atoms. The Labute approximate surface area is 100 Å². The molecule has 0 heterocycles. The molecule has 2 amide bonds. The Hall–Kier alpha value is -1.88. The third-order valence-electron chi connectivity index (χ3n) is 2.07. The molecule has 1 rings (SSSR count). The molecule has 2 N–H and O–H groups in total. The number of carbonyl (C=O) groups is 2. The Balaban J connectivity index is 2.55. The summed E-state index contributed by atoms with van der Waals surface area (Å²) in [6.45, 7) is 4.13. The van der Waals surface area contributed by atoms with Gasteiger partial charge in [-0.1, -0.05) is 12.1 Å². The van der Waals surface area contributed by atoms with Crippen LogP contribution >= 0.6 is 0 Å². The number of nitrogens with one attached hydrogen (secondary N) is 2. The maximum Gasteiger partial charge on any atom is 0.274 e. The van der Waals surface area contributed by atoms with Crippen molar-refractivity contribution in [3.63, 3.8) is 0 Å². The van der Waals surface area contributed by atoms with Crippen LogP contribution in [-0.4, -0.2) is 18.4 Å². The molecule has 92 valence electrons. The van der Waals surface area contributed by atoms with E-state index in [9.17, 15) is 9.59 Å². The molecule has 0 aliphatic heterocycles. The molecule has 0 fully saturated rings. The Morgan fingerprint density at radius 1 is 1.24 bits per heavy atom. The van der Waals surface area contributed by atoms with Gasteiger partial charge < -0.3 is 5.32 Å². The van der Waals surface area contributed by atoms with Gasteiger partial charge >= 0.3 is 0 Å². The highest BCUT2D eigenvalue weighted by atomic mass is 16.6. The number of hydrogen-bond donors (Lipinski definition) is 2. The topological polar surface area (TPSA) is 67.4 Å². The minimum Gasteiger partial charge on any atom is -0.352 e. The molecule has 0 saturated heterocycles. The zero-order valence-corrected chi connectivity index (χ0v) is 9.95. The molecule has 0 spiro atoms. The van der Waals surface area contributed by atoms with Gasteiger partial charge in [0.05, 0.1) is 6.61 Å². The first-order chi connectivity index (χ1) is 8.13. The zero-order chi connectivity index (χ0) is 12.7. The molecular weight excluding hydrogens is 220 g/mol. The summed E-state index contributed by atoms with van der Waals surface area (Å²) in [5.41, 5.74) is 3.77. The minimum atomic E-state index is -0.280.